The number of rotatable bonds is 2. The molecule has 3 rings (SSSR count). The highest BCUT2D eigenvalue weighted by Crippen LogP contribution is 2.27. The number of thiocarbonyl (C=S) groups is 1. The number of aromatic nitrogens is 2. The molecule has 2 aromatic carbocycles. The third-order valence-electron chi connectivity index (χ3n) is 3.07. The van der Waals surface area contributed by atoms with Gasteiger partial charge in [-0.3, -0.25) is 0 Å². The zero-order valence-corrected chi connectivity index (χ0v) is 13.6. The predicted molar refractivity (Wildman–Crippen MR) is 95.2 cm³/mol. The van der Waals surface area contributed by atoms with Crippen molar-refractivity contribution >= 4 is 50.8 Å². The number of hydrogen-bond donors (Lipinski definition) is 0. The third kappa shape index (κ3) is 2.93. The largest absolute Gasteiger partial charge is 0.244 e. The Labute approximate surface area is 137 Å². The molecular formula is C16H11ClN2S2. The zero-order chi connectivity index (χ0) is 14.8. The molecular weight excluding hydrogens is 320 g/mol. The molecule has 0 aliphatic carbocycles. The second-order valence-corrected chi connectivity index (χ2v) is 6.33. The van der Waals surface area contributed by atoms with E-state index in [1.165, 1.54) is 11.8 Å². The maximum atomic E-state index is 5.96. The van der Waals surface area contributed by atoms with Crippen LogP contribution >= 0.6 is 35.6 Å². The molecule has 0 N–H and O–H groups in total. The first-order chi connectivity index (χ1) is 10.2. The molecule has 3 aromatic rings. The molecule has 0 aliphatic heterocycles. The number of hydrogen-bond acceptors (Lipinski definition) is 4. The molecule has 104 valence electrons. The third-order valence-corrected chi connectivity index (χ3v) is 4.58. The second-order valence-electron chi connectivity index (χ2n) is 4.41. The van der Waals surface area contributed by atoms with Gasteiger partial charge in [-0.1, -0.05) is 48.1 Å². The Morgan fingerprint density at radius 1 is 1.00 bits per heavy atom. The zero-order valence-electron chi connectivity index (χ0n) is 11.2. The summed E-state index contributed by atoms with van der Waals surface area (Å²) >= 11 is 12.9. The average Bonchev–Trinajstić information content (AvgIpc) is 2.53. The Hall–Kier alpha value is -1.49. The van der Waals surface area contributed by atoms with Crippen LogP contribution in [0.15, 0.2) is 48.5 Å². The fourth-order valence-electron chi connectivity index (χ4n) is 2.05. The average molecular weight is 331 g/mol. The van der Waals surface area contributed by atoms with Crippen LogP contribution < -0.4 is 0 Å². The van der Waals surface area contributed by atoms with Crippen LogP contribution in [0.3, 0.4) is 0 Å². The van der Waals surface area contributed by atoms with E-state index in [9.17, 15) is 0 Å². The second kappa shape index (κ2) is 6.10. The highest BCUT2D eigenvalue weighted by molar-refractivity contribution is 8.23. The number of halogens is 1. The molecule has 0 amide bonds. The smallest absolute Gasteiger partial charge is 0.114 e. The summed E-state index contributed by atoms with van der Waals surface area (Å²) in [5.74, 6) is 0. The van der Waals surface area contributed by atoms with E-state index in [1.807, 2.05) is 54.8 Å². The van der Waals surface area contributed by atoms with Gasteiger partial charge >= 0.3 is 0 Å². The van der Waals surface area contributed by atoms with Crippen LogP contribution in [-0.4, -0.2) is 20.4 Å². The number of benzene rings is 2. The van der Waals surface area contributed by atoms with Crippen molar-refractivity contribution in [2.24, 2.45) is 0 Å². The van der Waals surface area contributed by atoms with E-state index < -0.39 is 0 Å². The first kappa shape index (κ1) is 14.4. The lowest BCUT2D eigenvalue weighted by Gasteiger charge is -2.10. The first-order valence-electron chi connectivity index (χ1n) is 6.30. The van der Waals surface area contributed by atoms with Crippen molar-refractivity contribution < 1.29 is 0 Å². The number of fused-ring (bicyclic) bond motifs is 1. The minimum atomic E-state index is 0.696. The lowest BCUT2D eigenvalue weighted by Crippen LogP contribution is -2.02. The molecule has 0 atom stereocenters. The Balaban J connectivity index is 2.27. The Morgan fingerprint density at radius 2 is 1.62 bits per heavy atom. The molecule has 0 saturated heterocycles. The van der Waals surface area contributed by atoms with Gasteiger partial charge in [0, 0.05) is 10.6 Å². The van der Waals surface area contributed by atoms with Gasteiger partial charge < -0.3 is 0 Å². The SMILES string of the molecule is CSC(=S)c1nc2ccccc2nc1-c1ccc(Cl)cc1. The van der Waals surface area contributed by atoms with Crippen molar-refractivity contribution in [3.8, 4) is 11.3 Å². The van der Waals surface area contributed by atoms with E-state index in [0.717, 1.165) is 32.2 Å². The lowest BCUT2D eigenvalue weighted by atomic mass is 10.1. The summed E-state index contributed by atoms with van der Waals surface area (Å²) in [5, 5.41) is 0.696. The van der Waals surface area contributed by atoms with Gasteiger partial charge in [-0.25, -0.2) is 9.97 Å². The quantitative estimate of drug-likeness (QED) is 0.618. The fraction of sp³-hybridized carbons (Fsp3) is 0.0625. The monoisotopic (exact) mass is 330 g/mol. The van der Waals surface area contributed by atoms with E-state index in [2.05, 4.69) is 4.98 Å². The van der Waals surface area contributed by atoms with Gasteiger partial charge in [0.2, 0.25) is 0 Å². The molecule has 21 heavy (non-hydrogen) atoms. The van der Waals surface area contributed by atoms with Crippen LogP contribution in [0.4, 0.5) is 0 Å². The standard InChI is InChI=1S/C16H11ClN2S2/c1-21-16(20)15-14(10-6-8-11(17)9-7-10)18-12-4-2-3-5-13(12)19-15/h2-9H,1H3. The van der Waals surface area contributed by atoms with Crippen molar-refractivity contribution in [2.45, 2.75) is 0 Å². The number of nitrogens with zero attached hydrogens (tertiary/aromatic N) is 2. The summed E-state index contributed by atoms with van der Waals surface area (Å²) in [6, 6.07) is 15.4. The minimum Gasteiger partial charge on any atom is -0.244 e. The summed E-state index contributed by atoms with van der Waals surface area (Å²) in [6.45, 7) is 0. The van der Waals surface area contributed by atoms with Gasteiger partial charge in [0.25, 0.3) is 0 Å². The molecule has 2 nitrogen and oxygen atoms in total. The van der Waals surface area contributed by atoms with Crippen molar-refractivity contribution in [1.82, 2.24) is 9.97 Å². The molecule has 0 bridgehead atoms. The van der Waals surface area contributed by atoms with E-state index in [0.29, 0.717) is 5.02 Å². The Bertz CT molecular complexity index is 816. The van der Waals surface area contributed by atoms with Gasteiger partial charge in [0.05, 0.1) is 20.9 Å². The van der Waals surface area contributed by atoms with Gasteiger partial charge in [-0.05, 0) is 30.5 Å². The van der Waals surface area contributed by atoms with E-state index in [-0.39, 0.29) is 0 Å². The topological polar surface area (TPSA) is 25.8 Å². The molecule has 0 spiro atoms. The van der Waals surface area contributed by atoms with Gasteiger partial charge in [0.15, 0.2) is 0 Å². The van der Waals surface area contributed by atoms with Gasteiger partial charge in [-0.2, -0.15) is 0 Å². The molecule has 1 heterocycles. The summed E-state index contributed by atoms with van der Waals surface area (Å²) in [6.07, 6.45) is 1.95. The molecule has 0 unspecified atom stereocenters. The maximum Gasteiger partial charge on any atom is 0.114 e. The molecule has 0 saturated carbocycles. The van der Waals surface area contributed by atoms with Crippen LogP contribution in [-0.2, 0) is 0 Å². The van der Waals surface area contributed by atoms with Gasteiger partial charge in [0.1, 0.15) is 5.69 Å². The number of thioether (sulfide) groups is 1. The van der Waals surface area contributed by atoms with E-state index in [4.69, 9.17) is 28.8 Å². The predicted octanol–water partition coefficient (Wildman–Crippen LogP) is 4.99. The summed E-state index contributed by atoms with van der Waals surface area (Å²) in [5.41, 5.74) is 4.21. The normalized spacial score (nSPS) is 10.8. The van der Waals surface area contributed by atoms with Gasteiger partial charge in [-0.15, -0.1) is 11.8 Å². The molecule has 0 aliphatic rings. The number of para-hydroxylation sites is 2. The minimum absolute atomic E-state index is 0.696. The van der Waals surface area contributed by atoms with Crippen molar-refractivity contribution in [2.75, 3.05) is 6.26 Å². The molecule has 5 heteroatoms. The summed E-state index contributed by atoms with van der Waals surface area (Å²) in [4.78, 5) is 9.42. The summed E-state index contributed by atoms with van der Waals surface area (Å²) < 4.78 is 0.734. The first-order valence-corrected chi connectivity index (χ1v) is 8.31. The fourth-order valence-corrected chi connectivity index (χ4v) is 2.65. The lowest BCUT2D eigenvalue weighted by molar-refractivity contribution is 1.28. The van der Waals surface area contributed by atoms with E-state index in [1.54, 1.807) is 0 Å². The van der Waals surface area contributed by atoms with Crippen LogP contribution in [0.25, 0.3) is 22.3 Å². The Morgan fingerprint density at radius 3 is 2.24 bits per heavy atom. The van der Waals surface area contributed by atoms with Crippen molar-refractivity contribution in [3.63, 3.8) is 0 Å². The molecule has 0 fully saturated rings. The van der Waals surface area contributed by atoms with Crippen LogP contribution in [0.1, 0.15) is 5.69 Å². The van der Waals surface area contributed by atoms with Crippen molar-refractivity contribution in [1.29, 1.82) is 0 Å². The maximum absolute atomic E-state index is 5.96. The highest BCUT2D eigenvalue weighted by Gasteiger charge is 2.14. The molecule has 1 aromatic heterocycles. The highest BCUT2D eigenvalue weighted by atomic mass is 35.5. The van der Waals surface area contributed by atoms with Crippen LogP contribution in [0.5, 0.6) is 0 Å². The van der Waals surface area contributed by atoms with Crippen molar-refractivity contribution in [3.05, 3.63) is 59.2 Å². The van der Waals surface area contributed by atoms with Crippen LogP contribution in [0.2, 0.25) is 5.02 Å². The summed E-state index contributed by atoms with van der Waals surface area (Å²) in [7, 11) is 0. The van der Waals surface area contributed by atoms with Crippen LogP contribution in [0, 0.1) is 0 Å². The van der Waals surface area contributed by atoms with E-state index >= 15 is 0 Å². The molecule has 0 radical (unpaired) electrons. The Kier molecular flexibility index (Phi) is 4.19.